The van der Waals surface area contributed by atoms with E-state index in [0.29, 0.717) is 0 Å². The summed E-state index contributed by atoms with van der Waals surface area (Å²) in [5.41, 5.74) is 7.94. The summed E-state index contributed by atoms with van der Waals surface area (Å²) in [6.07, 6.45) is 0. The van der Waals surface area contributed by atoms with Gasteiger partial charge in [0.15, 0.2) is 5.82 Å². The van der Waals surface area contributed by atoms with Crippen LogP contribution < -0.4 is 0 Å². The Hall–Kier alpha value is -6.78. The zero-order chi connectivity index (χ0) is 32.5. The van der Waals surface area contributed by atoms with Crippen LogP contribution in [0.15, 0.2) is 158 Å². The van der Waals surface area contributed by atoms with Gasteiger partial charge in [0.1, 0.15) is 5.82 Å². The highest BCUT2D eigenvalue weighted by Crippen LogP contribution is 2.47. The van der Waals surface area contributed by atoms with Gasteiger partial charge in [-0.05, 0) is 70.1 Å². The summed E-state index contributed by atoms with van der Waals surface area (Å²) in [4.78, 5) is 10.6. The Bertz CT molecular complexity index is 3380. The monoisotopic (exact) mass is 634 g/mol. The van der Waals surface area contributed by atoms with Crippen molar-refractivity contribution >= 4 is 92.3 Å². The third-order valence-electron chi connectivity index (χ3n) is 10.8. The van der Waals surface area contributed by atoms with Gasteiger partial charge in [0, 0.05) is 43.3 Å². The first-order valence-electron chi connectivity index (χ1n) is 17.1. The van der Waals surface area contributed by atoms with E-state index in [1.807, 2.05) is 0 Å². The second kappa shape index (κ2) is 9.43. The quantitative estimate of drug-likeness (QED) is 0.190. The lowest BCUT2D eigenvalue weighted by Gasteiger charge is -2.13. The third-order valence-corrected chi connectivity index (χ3v) is 10.8. The highest BCUT2D eigenvalue weighted by Gasteiger charge is 2.25. The molecule has 4 nitrogen and oxygen atoms in total. The Morgan fingerprint density at radius 3 is 1.88 bits per heavy atom. The van der Waals surface area contributed by atoms with E-state index in [9.17, 15) is 0 Å². The molecular weight excluding hydrogens is 609 g/mol. The molecule has 50 heavy (non-hydrogen) atoms. The number of fused-ring (bicyclic) bond motifs is 13. The average Bonchev–Trinajstić information content (AvgIpc) is 3.80. The average molecular weight is 635 g/mol. The second-order valence-electron chi connectivity index (χ2n) is 13.4. The third kappa shape index (κ3) is 3.34. The highest BCUT2D eigenvalue weighted by molar-refractivity contribution is 6.36. The number of para-hydroxylation sites is 3. The van der Waals surface area contributed by atoms with E-state index in [1.165, 1.54) is 70.4 Å². The number of hydrogen-bond donors (Lipinski definition) is 0. The number of nitrogens with zero attached hydrogens (tertiary/aromatic N) is 4. The molecule has 12 rings (SSSR count). The molecule has 0 saturated carbocycles. The van der Waals surface area contributed by atoms with Crippen molar-refractivity contribution < 1.29 is 0 Å². The summed E-state index contributed by atoms with van der Waals surface area (Å²) >= 11 is 0. The summed E-state index contributed by atoms with van der Waals surface area (Å²) in [7, 11) is 0. The molecule has 8 aromatic carbocycles. The van der Waals surface area contributed by atoms with E-state index in [-0.39, 0.29) is 0 Å². The maximum absolute atomic E-state index is 5.45. The van der Waals surface area contributed by atoms with Crippen LogP contribution in [0.25, 0.3) is 110 Å². The summed E-state index contributed by atoms with van der Waals surface area (Å²) < 4.78 is 4.88. The normalized spacial score (nSPS) is 12.4. The van der Waals surface area contributed by atoms with Crippen LogP contribution in [0.5, 0.6) is 0 Å². The van der Waals surface area contributed by atoms with Crippen molar-refractivity contribution in [3.8, 4) is 17.2 Å². The molecule has 0 fully saturated rings. The smallest absolute Gasteiger partial charge is 0.162 e. The molecule has 0 aliphatic rings. The summed E-state index contributed by atoms with van der Waals surface area (Å²) in [5.74, 6) is 1.60. The van der Waals surface area contributed by atoms with Crippen LogP contribution in [0, 0.1) is 0 Å². The van der Waals surface area contributed by atoms with Crippen molar-refractivity contribution in [1.82, 2.24) is 18.9 Å². The van der Waals surface area contributed by atoms with Gasteiger partial charge in [-0.2, -0.15) is 0 Å². The van der Waals surface area contributed by atoms with Crippen LogP contribution in [0.1, 0.15) is 0 Å². The van der Waals surface area contributed by atoms with Gasteiger partial charge in [-0.25, -0.2) is 9.97 Å². The van der Waals surface area contributed by atoms with Crippen LogP contribution in [0.2, 0.25) is 0 Å². The van der Waals surface area contributed by atoms with Crippen molar-refractivity contribution in [2.24, 2.45) is 0 Å². The first-order valence-corrected chi connectivity index (χ1v) is 17.1. The molecule has 0 atom stereocenters. The summed E-state index contributed by atoms with van der Waals surface area (Å²) in [6.45, 7) is 0. The topological polar surface area (TPSA) is 35.1 Å². The summed E-state index contributed by atoms with van der Waals surface area (Å²) in [6, 6.07) is 56.9. The van der Waals surface area contributed by atoms with Crippen LogP contribution in [0.3, 0.4) is 0 Å². The van der Waals surface area contributed by atoms with Gasteiger partial charge >= 0.3 is 0 Å². The fourth-order valence-electron chi connectivity index (χ4n) is 8.61. The molecule has 4 aromatic heterocycles. The molecule has 0 aliphatic heterocycles. The molecule has 0 N–H and O–H groups in total. The van der Waals surface area contributed by atoms with E-state index in [1.54, 1.807) is 0 Å². The maximum Gasteiger partial charge on any atom is 0.162 e. The van der Waals surface area contributed by atoms with Crippen LogP contribution >= 0.6 is 0 Å². The van der Waals surface area contributed by atoms with Crippen LogP contribution in [0.4, 0.5) is 0 Å². The molecule has 230 valence electrons. The predicted molar refractivity (Wildman–Crippen MR) is 209 cm³/mol. The van der Waals surface area contributed by atoms with Gasteiger partial charge in [0.25, 0.3) is 0 Å². The molecule has 0 bridgehead atoms. The van der Waals surface area contributed by atoms with Crippen LogP contribution in [-0.4, -0.2) is 18.9 Å². The minimum absolute atomic E-state index is 0.717. The van der Waals surface area contributed by atoms with Crippen molar-refractivity contribution in [3.05, 3.63) is 158 Å². The summed E-state index contributed by atoms with van der Waals surface area (Å²) in [5, 5.41) is 13.4. The highest BCUT2D eigenvalue weighted by atomic mass is 15.1. The Kier molecular flexibility index (Phi) is 4.94. The Morgan fingerprint density at radius 2 is 1.04 bits per heavy atom. The van der Waals surface area contributed by atoms with E-state index < -0.39 is 0 Å². The van der Waals surface area contributed by atoms with Gasteiger partial charge < -0.3 is 4.40 Å². The van der Waals surface area contributed by atoms with Crippen molar-refractivity contribution in [2.45, 2.75) is 0 Å². The van der Waals surface area contributed by atoms with Gasteiger partial charge in [0.05, 0.1) is 33.1 Å². The number of aromatic nitrogens is 4. The molecule has 0 spiro atoms. The molecule has 4 heteroatoms. The van der Waals surface area contributed by atoms with Gasteiger partial charge in [-0.3, -0.25) is 4.57 Å². The zero-order valence-electron chi connectivity index (χ0n) is 26.8. The molecule has 0 amide bonds. The number of benzene rings is 8. The van der Waals surface area contributed by atoms with Gasteiger partial charge in [-0.15, -0.1) is 0 Å². The first-order chi connectivity index (χ1) is 24.8. The second-order valence-corrected chi connectivity index (χ2v) is 13.4. The molecule has 0 unspecified atom stereocenters. The lowest BCUT2D eigenvalue weighted by Crippen LogP contribution is -2.02. The molecule has 4 heterocycles. The van der Waals surface area contributed by atoms with Crippen molar-refractivity contribution in [3.63, 3.8) is 0 Å². The largest absolute Gasteiger partial charge is 0.308 e. The van der Waals surface area contributed by atoms with Gasteiger partial charge in [0.2, 0.25) is 0 Å². The standard InChI is InChI=1S/C46H26N4/c1-2-12-28-23-31(22-21-27(28)11-1)45-47-37-18-8-5-16-33(37)46(48-45)50-39-20-10-7-17-34(39)42-41(50)26-35-32-15-6-9-19-38(32)49-40-25-30-14-4-3-13-29(30)24-36(40)43(42)44(35)49/h1-26H. The van der Waals surface area contributed by atoms with E-state index in [2.05, 4.69) is 167 Å². The molecule has 0 saturated heterocycles. The van der Waals surface area contributed by atoms with E-state index in [4.69, 9.17) is 9.97 Å². The van der Waals surface area contributed by atoms with Crippen LogP contribution in [-0.2, 0) is 0 Å². The molecule has 0 aliphatic carbocycles. The van der Waals surface area contributed by atoms with Crippen molar-refractivity contribution in [1.29, 1.82) is 0 Å². The Labute approximate surface area is 285 Å². The van der Waals surface area contributed by atoms with E-state index in [0.717, 1.165) is 39.1 Å². The first kappa shape index (κ1) is 26.2. The fourth-order valence-corrected chi connectivity index (χ4v) is 8.61. The number of rotatable bonds is 2. The Morgan fingerprint density at radius 1 is 0.380 bits per heavy atom. The lowest BCUT2D eigenvalue weighted by molar-refractivity contribution is 1.08. The fraction of sp³-hybridized carbons (Fsp3) is 0. The lowest BCUT2D eigenvalue weighted by atomic mass is 10.0. The molecular formula is C46H26N4. The predicted octanol–water partition coefficient (Wildman–Crippen LogP) is 11.9. The van der Waals surface area contributed by atoms with E-state index >= 15 is 0 Å². The maximum atomic E-state index is 5.45. The van der Waals surface area contributed by atoms with Gasteiger partial charge in [-0.1, -0.05) is 109 Å². The molecule has 0 radical (unpaired) electrons. The number of hydrogen-bond acceptors (Lipinski definition) is 2. The van der Waals surface area contributed by atoms with Crippen molar-refractivity contribution in [2.75, 3.05) is 0 Å². The minimum atomic E-state index is 0.717. The zero-order valence-corrected chi connectivity index (χ0v) is 26.8. The SMILES string of the molecule is c1ccc2cc(-c3nc(-n4c5ccccc5c5c6c7cc8ccccc8cc7n7c8ccccc8c(cc54)c67)c4ccccc4n3)ccc2c1. The minimum Gasteiger partial charge on any atom is -0.308 e. The molecule has 12 aromatic rings. The Balaban J connectivity index is 1.29.